The maximum Gasteiger partial charge on any atom is 0.165 e. The highest BCUT2D eigenvalue weighted by molar-refractivity contribution is 5.24. The van der Waals surface area contributed by atoms with Crippen LogP contribution in [0.15, 0.2) is 24.3 Å². The summed E-state index contributed by atoms with van der Waals surface area (Å²) < 4.78 is 18.4. The Morgan fingerprint density at radius 2 is 2.00 bits per heavy atom. The van der Waals surface area contributed by atoms with E-state index < -0.39 is 0 Å². The average Bonchev–Trinajstić information content (AvgIpc) is 2.00. The molecule has 1 aliphatic rings. The molecule has 1 nitrogen and oxygen atoms in total. The number of benzene rings is 1. The van der Waals surface area contributed by atoms with Crippen molar-refractivity contribution in [3.8, 4) is 5.75 Å². The van der Waals surface area contributed by atoms with Crippen molar-refractivity contribution in [1.29, 1.82) is 0 Å². The Kier molecular flexibility index (Phi) is 1.98. The lowest BCUT2D eigenvalue weighted by Gasteiger charge is -2.26. The fourth-order valence-corrected chi connectivity index (χ4v) is 1.21. The molecule has 1 saturated carbocycles. The van der Waals surface area contributed by atoms with E-state index in [9.17, 15) is 4.39 Å². The zero-order valence-electron chi connectivity index (χ0n) is 6.79. The van der Waals surface area contributed by atoms with Gasteiger partial charge in [-0.15, -0.1) is 0 Å². The molecule has 0 radical (unpaired) electrons. The summed E-state index contributed by atoms with van der Waals surface area (Å²) in [4.78, 5) is 0. The monoisotopic (exact) mass is 166 g/mol. The van der Waals surface area contributed by atoms with Gasteiger partial charge in [0, 0.05) is 0 Å². The van der Waals surface area contributed by atoms with Gasteiger partial charge in [0.2, 0.25) is 0 Å². The summed E-state index contributed by atoms with van der Waals surface area (Å²) in [7, 11) is 0. The molecule has 2 heteroatoms. The molecule has 12 heavy (non-hydrogen) atoms. The van der Waals surface area contributed by atoms with Crippen molar-refractivity contribution in [2.45, 2.75) is 25.4 Å². The van der Waals surface area contributed by atoms with Crippen LogP contribution >= 0.6 is 0 Å². The van der Waals surface area contributed by atoms with E-state index in [1.165, 1.54) is 12.5 Å². The summed E-state index contributed by atoms with van der Waals surface area (Å²) in [5.41, 5.74) is 0. The standard InChI is InChI=1S/C10H11FO/c11-9-6-1-2-7-10(9)12-8-4-3-5-8/h1-2,6-8H,3-5H2. The van der Waals surface area contributed by atoms with E-state index >= 15 is 0 Å². The third-order valence-electron chi connectivity index (χ3n) is 2.18. The Balaban J connectivity index is 2.06. The van der Waals surface area contributed by atoms with E-state index in [0.29, 0.717) is 5.75 Å². The van der Waals surface area contributed by atoms with Crippen molar-refractivity contribution in [2.75, 3.05) is 0 Å². The zero-order valence-corrected chi connectivity index (χ0v) is 6.79. The molecule has 0 heterocycles. The molecular weight excluding hydrogens is 155 g/mol. The SMILES string of the molecule is Fc1ccccc1OC1CCC1. The minimum Gasteiger partial charge on any atom is -0.487 e. The van der Waals surface area contributed by atoms with Gasteiger partial charge < -0.3 is 4.74 Å². The van der Waals surface area contributed by atoms with Gasteiger partial charge in [-0.1, -0.05) is 12.1 Å². The molecule has 0 amide bonds. The first-order chi connectivity index (χ1) is 5.86. The molecule has 64 valence electrons. The van der Waals surface area contributed by atoms with Crippen LogP contribution in [0.1, 0.15) is 19.3 Å². The van der Waals surface area contributed by atoms with Crippen molar-refractivity contribution in [3.05, 3.63) is 30.1 Å². The van der Waals surface area contributed by atoms with Crippen molar-refractivity contribution < 1.29 is 9.13 Å². The molecule has 0 saturated heterocycles. The van der Waals surface area contributed by atoms with E-state index in [4.69, 9.17) is 4.74 Å². The molecule has 0 spiro atoms. The molecule has 1 aromatic carbocycles. The number of halogens is 1. The first-order valence-electron chi connectivity index (χ1n) is 4.27. The molecule has 1 fully saturated rings. The third-order valence-corrected chi connectivity index (χ3v) is 2.18. The largest absolute Gasteiger partial charge is 0.487 e. The molecule has 0 atom stereocenters. The lowest BCUT2D eigenvalue weighted by Crippen LogP contribution is -2.24. The van der Waals surface area contributed by atoms with Gasteiger partial charge in [0.15, 0.2) is 11.6 Å². The first kappa shape index (κ1) is 7.59. The quantitative estimate of drug-likeness (QED) is 0.656. The number of hydrogen-bond acceptors (Lipinski definition) is 1. The van der Waals surface area contributed by atoms with E-state index in [1.807, 2.05) is 0 Å². The Morgan fingerprint density at radius 1 is 1.25 bits per heavy atom. The number of rotatable bonds is 2. The van der Waals surface area contributed by atoms with Crippen molar-refractivity contribution in [1.82, 2.24) is 0 Å². The minimum absolute atomic E-state index is 0.252. The van der Waals surface area contributed by atoms with E-state index in [2.05, 4.69) is 0 Å². The van der Waals surface area contributed by atoms with Crippen LogP contribution in [-0.2, 0) is 0 Å². The second kappa shape index (κ2) is 3.13. The third kappa shape index (κ3) is 1.42. The maximum atomic E-state index is 13.0. The van der Waals surface area contributed by atoms with Gasteiger partial charge in [-0.05, 0) is 31.4 Å². The smallest absolute Gasteiger partial charge is 0.165 e. The molecule has 1 aliphatic carbocycles. The fourth-order valence-electron chi connectivity index (χ4n) is 1.21. The van der Waals surface area contributed by atoms with Crippen LogP contribution in [0.3, 0.4) is 0 Å². The van der Waals surface area contributed by atoms with E-state index in [0.717, 1.165) is 12.8 Å². The van der Waals surface area contributed by atoms with Crippen LogP contribution in [0.25, 0.3) is 0 Å². The predicted octanol–water partition coefficient (Wildman–Crippen LogP) is 2.76. The van der Waals surface area contributed by atoms with Crippen molar-refractivity contribution in [3.63, 3.8) is 0 Å². The van der Waals surface area contributed by atoms with Crippen LogP contribution in [0.4, 0.5) is 4.39 Å². The van der Waals surface area contributed by atoms with Gasteiger partial charge in [0.05, 0.1) is 6.10 Å². The lowest BCUT2D eigenvalue weighted by molar-refractivity contribution is 0.115. The maximum absolute atomic E-state index is 13.0. The Hall–Kier alpha value is -1.05. The molecule has 1 aromatic rings. The molecule has 0 aliphatic heterocycles. The first-order valence-corrected chi connectivity index (χ1v) is 4.27. The van der Waals surface area contributed by atoms with E-state index in [-0.39, 0.29) is 11.9 Å². The normalized spacial score (nSPS) is 17.1. The van der Waals surface area contributed by atoms with Crippen molar-refractivity contribution >= 4 is 0 Å². The minimum atomic E-state index is -0.260. The van der Waals surface area contributed by atoms with Crippen LogP contribution in [0.5, 0.6) is 5.75 Å². The second-order valence-electron chi connectivity index (χ2n) is 3.10. The summed E-state index contributed by atoms with van der Waals surface area (Å²) in [6, 6.07) is 6.56. The highest BCUT2D eigenvalue weighted by atomic mass is 19.1. The van der Waals surface area contributed by atoms with Gasteiger partial charge in [-0.2, -0.15) is 0 Å². The molecule has 0 unspecified atom stereocenters. The Morgan fingerprint density at radius 3 is 2.58 bits per heavy atom. The van der Waals surface area contributed by atoms with Crippen LogP contribution in [0.2, 0.25) is 0 Å². The predicted molar refractivity (Wildman–Crippen MR) is 44.7 cm³/mol. The number of para-hydroxylation sites is 1. The lowest BCUT2D eigenvalue weighted by atomic mass is 9.96. The summed E-state index contributed by atoms with van der Waals surface area (Å²) in [6.07, 6.45) is 3.59. The van der Waals surface area contributed by atoms with Gasteiger partial charge in [0.25, 0.3) is 0 Å². The molecule has 0 N–H and O–H groups in total. The van der Waals surface area contributed by atoms with Crippen LogP contribution in [-0.4, -0.2) is 6.10 Å². The Bertz CT molecular complexity index is 268. The number of ether oxygens (including phenoxy) is 1. The zero-order chi connectivity index (χ0) is 8.39. The fraction of sp³-hybridized carbons (Fsp3) is 0.400. The highest BCUT2D eigenvalue weighted by Crippen LogP contribution is 2.26. The average molecular weight is 166 g/mol. The van der Waals surface area contributed by atoms with Gasteiger partial charge in [0.1, 0.15) is 0 Å². The molecular formula is C10H11FO. The summed E-state index contributed by atoms with van der Waals surface area (Å²) in [5, 5.41) is 0. The summed E-state index contributed by atoms with van der Waals surface area (Å²) in [6.45, 7) is 0. The van der Waals surface area contributed by atoms with E-state index in [1.54, 1.807) is 18.2 Å². The molecule has 0 aromatic heterocycles. The summed E-state index contributed by atoms with van der Waals surface area (Å²) >= 11 is 0. The van der Waals surface area contributed by atoms with Crippen LogP contribution in [0, 0.1) is 5.82 Å². The van der Waals surface area contributed by atoms with Crippen LogP contribution < -0.4 is 4.74 Å². The highest BCUT2D eigenvalue weighted by Gasteiger charge is 2.19. The van der Waals surface area contributed by atoms with Gasteiger partial charge >= 0.3 is 0 Å². The summed E-state index contributed by atoms with van der Waals surface area (Å²) in [5.74, 6) is 0.131. The molecule has 0 bridgehead atoms. The topological polar surface area (TPSA) is 9.23 Å². The van der Waals surface area contributed by atoms with Gasteiger partial charge in [-0.3, -0.25) is 0 Å². The molecule has 2 rings (SSSR count). The Labute approximate surface area is 71.2 Å². The number of hydrogen-bond donors (Lipinski definition) is 0. The second-order valence-corrected chi connectivity index (χ2v) is 3.10. The van der Waals surface area contributed by atoms with Gasteiger partial charge in [-0.25, -0.2) is 4.39 Å². The van der Waals surface area contributed by atoms with Crippen molar-refractivity contribution in [2.24, 2.45) is 0 Å².